The molecule has 2 saturated carbocycles. The van der Waals surface area contributed by atoms with E-state index in [0.717, 1.165) is 25.0 Å². The molecule has 0 aliphatic heterocycles. The lowest BCUT2D eigenvalue weighted by molar-refractivity contribution is -0.129. The van der Waals surface area contributed by atoms with Crippen molar-refractivity contribution in [2.75, 3.05) is 0 Å². The normalized spacial score (nSPS) is 29.2. The fraction of sp³-hybridized carbons (Fsp3) is 0.632. The topological polar surface area (TPSA) is 78.8 Å². The fourth-order valence-corrected chi connectivity index (χ4v) is 3.85. The highest BCUT2D eigenvalue weighted by Gasteiger charge is 2.39. The summed E-state index contributed by atoms with van der Waals surface area (Å²) in [6.45, 7) is 0. The molecule has 1 amide bonds. The third kappa shape index (κ3) is 4.28. The summed E-state index contributed by atoms with van der Waals surface area (Å²) in [4.78, 5) is 12.3. The average molecular weight is 333 g/mol. The Morgan fingerprint density at radius 3 is 2.58 bits per heavy atom. The second-order valence-corrected chi connectivity index (χ2v) is 7.17. The average Bonchev–Trinajstić information content (AvgIpc) is 2.89. The molecule has 3 N–H and O–H groups in total. The monoisotopic (exact) mass is 333 g/mol. The summed E-state index contributed by atoms with van der Waals surface area (Å²) < 4.78 is 5.82. The zero-order valence-corrected chi connectivity index (χ0v) is 14.0. The molecule has 0 spiro atoms. The Morgan fingerprint density at radius 1 is 1.17 bits per heavy atom. The second-order valence-electron chi connectivity index (χ2n) is 7.17. The molecule has 0 aromatic heterocycles. The van der Waals surface area contributed by atoms with Crippen LogP contribution in [0.1, 0.15) is 51.4 Å². The van der Waals surface area contributed by atoms with E-state index in [4.69, 9.17) is 4.74 Å². The molecule has 0 heterocycles. The van der Waals surface area contributed by atoms with Gasteiger partial charge in [-0.25, -0.2) is 0 Å². The maximum absolute atomic E-state index is 12.3. The van der Waals surface area contributed by atoms with Crippen LogP contribution in [0.2, 0.25) is 0 Å². The molecule has 5 nitrogen and oxygen atoms in total. The van der Waals surface area contributed by atoms with Gasteiger partial charge in [0.1, 0.15) is 18.0 Å². The van der Waals surface area contributed by atoms with E-state index in [1.807, 2.05) is 30.3 Å². The Hall–Kier alpha value is -1.59. The Balaban J connectivity index is 1.50. The Bertz CT molecular complexity index is 542. The molecule has 24 heavy (non-hydrogen) atoms. The van der Waals surface area contributed by atoms with Gasteiger partial charge < -0.3 is 20.3 Å². The van der Waals surface area contributed by atoms with Gasteiger partial charge in [0, 0.05) is 0 Å². The van der Waals surface area contributed by atoms with E-state index in [1.54, 1.807) is 0 Å². The highest BCUT2D eigenvalue weighted by atomic mass is 16.5. The Labute approximate surface area is 143 Å². The molecule has 3 atom stereocenters. The Kier molecular flexibility index (Phi) is 5.41. The van der Waals surface area contributed by atoms with Gasteiger partial charge >= 0.3 is 0 Å². The van der Waals surface area contributed by atoms with Crippen LogP contribution in [0.4, 0.5) is 0 Å². The van der Waals surface area contributed by atoms with Gasteiger partial charge in [0.2, 0.25) is 5.91 Å². The molecular formula is C19H27NO4. The fourth-order valence-electron chi connectivity index (χ4n) is 3.85. The van der Waals surface area contributed by atoms with Crippen molar-refractivity contribution in [2.45, 2.75) is 75.2 Å². The summed E-state index contributed by atoms with van der Waals surface area (Å²) in [5, 5.41) is 23.8. The number of hydrogen-bond acceptors (Lipinski definition) is 4. The van der Waals surface area contributed by atoms with E-state index in [9.17, 15) is 15.0 Å². The number of amides is 1. The summed E-state index contributed by atoms with van der Waals surface area (Å²) in [6, 6.07) is 9.10. The Morgan fingerprint density at radius 2 is 1.88 bits per heavy atom. The van der Waals surface area contributed by atoms with Crippen molar-refractivity contribution < 1.29 is 19.7 Å². The van der Waals surface area contributed by atoms with Gasteiger partial charge in [-0.1, -0.05) is 37.5 Å². The number of ether oxygens (including phenoxy) is 1. The molecule has 0 unspecified atom stereocenters. The van der Waals surface area contributed by atoms with E-state index in [2.05, 4.69) is 5.32 Å². The molecule has 5 heteroatoms. The van der Waals surface area contributed by atoms with Gasteiger partial charge in [-0.3, -0.25) is 4.79 Å². The van der Waals surface area contributed by atoms with Crippen LogP contribution in [0.25, 0.3) is 0 Å². The highest BCUT2D eigenvalue weighted by Crippen LogP contribution is 2.31. The largest absolute Gasteiger partial charge is 0.488 e. The maximum atomic E-state index is 12.3. The number of carbonyl (C=O) groups is 1. The van der Waals surface area contributed by atoms with E-state index in [-0.39, 0.29) is 24.5 Å². The van der Waals surface area contributed by atoms with Gasteiger partial charge in [-0.2, -0.15) is 0 Å². The third-order valence-electron chi connectivity index (χ3n) is 5.21. The standard InChI is InChI=1S/C19H27NO4/c21-17(13-19(23)11-5-2-6-12-19)20-15-9-10-16(18(15)22)24-14-7-3-1-4-8-14/h1,3-4,7-8,15-16,18,22-23H,2,5-6,9-13H2,(H,20,21)/t15-,16-,18-/m1/s1. The first kappa shape index (κ1) is 17.2. The van der Waals surface area contributed by atoms with Crippen LogP contribution in [0.3, 0.4) is 0 Å². The van der Waals surface area contributed by atoms with Crippen LogP contribution in [0, 0.1) is 0 Å². The maximum Gasteiger partial charge on any atom is 0.223 e. The second kappa shape index (κ2) is 7.53. The van der Waals surface area contributed by atoms with Crippen LogP contribution in [-0.2, 0) is 4.79 Å². The van der Waals surface area contributed by atoms with Crippen molar-refractivity contribution >= 4 is 5.91 Å². The van der Waals surface area contributed by atoms with Crippen LogP contribution in [0.15, 0.2) is 30.3 Å². The number of rotatable bonds is 5. The van der Waals surface area contributed by atoms with E-state index in [1.165, 1.54) is 0 Å². The van der Waals surface area contributed by atoms with Gasteiger partial charge in [-0.05, 0) is 37.8 Å². The summed E-state index contributed by atoms with van der Waals surface area (Å²) in [6.07, 6.45) is 4.93. The van der Waals surface area contributed by atoms with Gasteiger partial charge in [0.15, 0.2) is 0 Å². The predicted octanol–water partition coefficient (Wildman–Crippen LogP) is 2.16. The van der Waals surface area contributed by atoms with Crippen LogP contribution in [-0.4, -0.2) is 40.0 Å². The summed E-state index contributed by atoms with van der Waals surface area (Å²) >= 11 is 0. The lowest BCUT2D eigenvalue weighted by atomic mass is 9.82. The van der Waals surface area contributed by atoms with Crippen molar-refractivity contribution in [1.82, 2.24) is 5.32 Å². The molecule has 3 rings (SSSR count). The van der Waals surface area contributed by atoms with E-state index >= 15 is 0 Å². The molecule has 2 aliphatic rings. The van der Waals surface area contributed by atoms with Crippen molar-refractivity contribution in [3.63, 3.8) is 0 Å². The number of hydrogen-bond donors (Lipinski definition) is 3. The molecule has 2 aliphatic carbocycles. The molecule has 132 valence electrons. The lowest BCUT2D eigenvalue weighted by Gasteiger charge is -2.32. The quantitative estimate of drug-likeness (QED) is 0.771. The highest BCUT2D eigenvalue weighted by molar-refractivity contribution is 5.77. The SMILES string of the molecule is O=C(CC1(O)CCCCC1)N[C@@H]1CC[C@@H](Oc2ccccc2)[C@@H]1O. The molecule has 2 fully saturated rings. The molecular weight excluding hydrogens is 306 g/mol. The predicted molar refractivity (Wildman–Crippen MR) is 90.7 cm³/mol. The number of benzene rings is 1. The van der Waals surface area contributed by atoms with Gasteiger partial charge in [0.25, 0.3) is 0 Å². The van der Waals surface area contributed by atoms with Crippen LogP contribution < -0.4 is 10.1 Å². The first-order chi connectivity index (χ1) is 11.6. The molecule has 0 saturated heterocycles. The van der Waals surface area contributed by atoms with Crippen molar-refractivity contribution in [1.29, 1.82) is 0 Å². The number of aliphatic hydroxyl groups excluding tert-OH is 1. The van der Waals surface area contributed by atoms with Crippen molar-refractivity contribution in [3.8, 4) is 5.75 Å². The minimum atomic E-state index is -0.869. The molecule has 1 aromatic carbocycles. The summed E-state index contributed by atoms with van der Waals surface area (Å²) in [7, 11) is 0. The van der Waals surface area contributed by atoms with Gasteiger partial charge in [0.05, 0.1) is 18.1 Å². The molecule has 0 radical (unpaired) electrons. The van der Waals surface area contributed by atoms with E-state index < -0.39 is 11.7 Å². The van der Waals surface area contributed by atoms with Crippen molar-refractivity contribution in [2.24, 2.45) is 0 Å². The smallest absolute Gasteiger partial charge is 0.223 e. The number of para-hydroxylation sites is 1. The number of aliphatic hydroxyl groups is 2. The minimum Gasteiger partial charge on any atom is -0.488 e. The van der Waals surface area contributed by atoms with Crippen LogP contribution in [0.5, 0.6) is 5.75 Å². The summed E-state index contributed by atoms with van der Waals surface area (Å²) in [5.74, 6) is 0.550. The van der Waals surface area contributed by atoms with Crippen LogP contribution >= 0.6 is 0 Å². The number of carbonyl (C=O) groups excluding carboxylic acids is 1. The molecule has 0 bridgehead atoms. The number of nitrogens with one attached hydrogen (secondary N) is 1. The lowest BCUT2D eigenvalue weighted by Crippen LogP contribution is -2.47. The first-order valence-corrected chi connectivity index (χ1v) is 8.97. The zero-order valence-electron chi connectivity index (χ0n) is 14.0. The summed E-state index contributed by atoms with van der Waals surface area (Å²) in [5.41, 5.74) is -0.869. The first-order valence-electron chi connectivity index (χ1n) is 8.97. The van der Waals surface area contributed by atoms with Crippen molar-refractivity contribution in [3.05, 3.63) is 30.3 Å². The van der Waals surface area contributed by atoms with Gasteiger partial charge in [-0.15, -0.1) is 0 Å². The zero-order chi connectivity index (χ0) is 17.0. The van der Waals surface area contributed by atoms with E-state index in [0.29, 0.717) is 25.7 Å². The minimum absolute atomic E-state index is 0.125. The third-order valence-corrected chi connectivity index (χ3v) is 5.21. The molecule has 1 aromatic rings.